The molecule has 2 aliphatic rings. The fourth-order valence-corrected chi connectivity index (χ4v) is 4.68. The second-order valence-electron chi connectivity index (χ2n) is 8.42. The van der Waals surface area contributed by atoms with E-state index in [0.29, 0.717) is 11.5 Å². The Labute approximate surface area is 172 Å². The molecule has 2 aromatic rings. The predicted molar refractivity (Wildman–Crippen MR) is 114 cm³/mol. The Balaban J connectivity index is 1.66. The maximum absolute atomic E-state index is 13.2. The van der Waals surface area contributed by atoms with E-state index in [-0.39, 0.29) is 11.8 Å². The number of benzene rings is 1. The van der Waals surface area contributed by atoms with Crippen LogP contribution in [-0.4, -0.2) is 39.4 Å². The van der Waals surface area contributed by atoms with Crippen LogP contribution in [-0.2, 0) is 13.0 Å². The van der Waals surface area contributed by atoms with Gasteiger partial charge in [-0.25, -0.2) is 4.98 Å². The minimum Gasteiger partial charge on any atom is -0.337 e. The van der Waals surface area contributed by atoms with Crippen LogP contribution >= 0.6 is 0 Å². The number of aromatic nitrogens is 2. The van der Waals surface area contributed by atoms with Crippen LogP contribution in [0.25, 0.3) is 0 Å². The number of nitrogens with one attached hydrogen (secondary N) is 1. The molecular formula is C23H30N4O2. The molecule has 2 aliphatic heterocycles. The standard InChI is InChI=1S/C23H30N4O2/c1-15-13-16(2)19(17(3)14-15)25-22(28)21-24-20(18-9-5-8-12-27(18)21)23(29)26-10-6-4-7-11-26/h13-14H,4-12H2,1-3H3,(H,25,28). The van der Waals surface area contributed by atoms with Crippen LogP contribution in [0.5, 0.6) is 0 Å². The highest BCUT2D eigenvalue weighted by molar-refractivity contribution is 6.04. The van der Waals surface area contributed by atoms with Gasteiger partial charge in [-0.15, -0.1) is 0 Å². The minimum absolute atomic E-state index is 0.0166. The van der Waals surface area contributed by atoms with Crippen LogP contribution in [0.1, 0.15) is 75.6 Å². The van der Waals surface area contributed by atoms with E-state index < -0.39 is 0 Å². The highest BCUT2D eigenvalue weighted by Gasteiger charge is 2.30. The SMILES string of the molecule is Cc1cc(C)c(NC(=O)c2nc(C(=O)N3CCCCC3)c3n2CCCC3)c(C)c1. The van der Waals surface area contributed by atoms with E-state index in [1.807, 2.05) is 23.3 Å². The zero-order chi connectivity index (χ0) is 20.5. The number of hydrogen-bond donors (Lipinski definition) is 1. The van der Waals surface area contributed by atoms with Gasteiger partial charge in [-0.3, -0.25) is 9.59 Å². The highest BCUT2D eigenvalue weighted by atomic mass is 16.2. The first-order valence-corrected chi connectivity index (χ1v) is 10.7. The second-order valence-corrected chi connectivity index (χ2v) is 8.42. The molecule has 3 heterocycles. The van der Waals surface area contributed by atoms with Crippen molar-refractivity contribution in [1.82, 2.24) is 14.5 Å². The molecule has 1 aromatic carbocycles. The molecule has 2 amide bonds. The molecule has 0 atom stereocenters. The van der Waals surface area contributed by atoms with E-state index in [1.165, 1.54) is 12.0 Å². The Hall–Kier alpha value is -2.63. The number of piperidine rings is 1. The fourth-order valence-electron chi connectivity index (χ4n) is 4.68. The van der Waals surface area contributed by atoms with Gasteiger partial charge in [0, 0.05) is 25.3 Å². The lowest BCUT2D eigenvalue weighted by Crippen LogP contribution is -2.36. The van der Waals surface area contributed by atoms with Crippen LogP contribution in [0.4, 0.5) is 5.69 Å². The van der Waals surface area contributed by atoms with Crippen LogP contribution < -0.4 is 5.32 Å². The Morgan fingerprint density at radius 3 is 2.28 bits per heavy atom. The molecule has 0 unspecified atom stereocenters. The third-order valence-electron chi connectivity index (χ3n) is 6.08. The summed E-state index contributed by atoms with van der Waals surface area (Å²) in [6.07, 6.45) is 6.10. The summed E-state index contributed by atoms with van der Waals surface area (Å²) >= 11 is 0. The summed E-state index contributed by atoms with van der Waals surface area (Å²) < 4.78 is 1.97. The molecule has 1 saturated heterocycles. The number of imidazole rings is 1. The van der Waals surface area contributed by atoms with Crippen molar-refractivity contribution in [2.45, 2.75) is 65.8 Å². The van der Waals surface area contributed by atoms with E-state index in [2.05, 4.69) is 29.4 Å². The lowest BCUT2D eigenvalue weighted by atomic mass is 10.1. The topological polar surface area (TPSA) is 67.2 Å². The van der Waals surface area contributed by atoms with Gasteiger partial charge in [0.25, 0.3) is 11.8 Å². The van der Waals surface area contributed by atoms with Crippen molar-refractivity contribution in [3.05, 3.63) is 46.0 Å². The van der Waals surface area contributed by atoms with Crippen molar-refractivity contribution < 1.29 is 9.59 Å². The first kappa shape index (κ1) is 19.7. The number of nitrogens with zero attached hydrogens (tertiary/aromatic N) is 3. The summed E-state index contributed by atoms with van der Waals surface area (Å²) in [5.41, 5.74) is 5.48. The second kappa shape index (κ2) is 8.01. The predicted octanol–water partition coefficient (Wildman–Crippen LogP) is 4.02. The van der Waals surface area contributed by atoms with E-state index in [4.69, 9.17) is 0 Å². The number of anilines is 1. The van der Waals surface area contributed by atoms with Crippen molar-refractivity contribution in [1.29, 1.82) is 0 Å². The molecule has 0 radical (unpaired) electrons. The third kappa shape index (κ3) is 3.80. The molecule has 1 fully saturated rings. The molecule has 154 valence electrons. The zero-order valence-electron chi connectivity index (χ0n) is 17.7. The van der Waals surface area contributed by atoms with Gasteiger partial charge in [-0.05, 0) is 70.4 Å². The number of likely N-dealkylation sites (tertiary alicyclic amines) is 1. The maximum Gasteiger partial charge on any atom is 0.291 e. The molecule has 1 aromatic heterocycles. The molecule has 6 heteroatoms. The summed E-state index contributed by atoms with van der Waals surface area (Å²) in [4.78, 5) is 32.8. The molecule has 1 N–H and O–H groups in total. The van der Waals surface area contributed by atoms with Gasteiger partial charge in [0.2, 0.25) is 0 Å². The lowest BCUT2D eigenvalue weighted by Gasteiger charge is -2.26. The normalized spacial score (nSPS) is 16.4. The van der Waals surface area contributed by atoms with Crippen LogP contribution in [0.15, 0.2) is 12.1 Å². The minimum atomic E-state index is -0.235. The first-order valence-electron chi connectivity index (χ1n) is 10.7. The lowest BCUT2D eigenvalue weighted by molar-refractivity contribution is 0.0717. The molecule has 6 nitrogen and oxygen atoms in total. The molecule has 0 bridgehead atoms. The van der Waals surface area contributed by atoms with Crippen molar-refractivity contribution in [3.8, 4) is 0 Å². The Morgan fingerprint density at radius 2 is 1.59 bits per heavy atom. The van der Waals surface area contributed by atoms with Gasteiger partial charge >= 0.3 is 0 Å². The van der Waals surface area contributed by atoms with Gasteiger partial charge in [-0.1, -0.05) is 17.7 Å². The third-order valence-corrected chi connectivity index (χ3v) is 6.08. The van der Waals surface area contributed by atoms with Gasteiger partial charge in [0.05, 0.1) is 5.69 Å². The number of rotatable bonds is 3. The van der Waals surface area contributed by atoms with Crippen LogP contribution in [0.2, 0.25) is 0 Å². The van der Waals surface area contributed by atoms with Gasteiger partial charge < -0.3 is 14.8 Å². The van der Waals surface area contributed by atoms with E-state index in [0.717, 1.165) is 74.2 Å². The summed E-state index contributed by atoms with van der Waals surface area (Å²) in [5, 5.41) is 3.06. The number of aryl methyl sites for hydroxylation is 3. The Morgan fingerprint density at radius 1 is 0.931 bits per heavy atom. The molecule has 0 spiro atoms. The van der Waals surface area contributed by atoms with E-state index in [9.17, 15) is 9.59 Å². The molecule has 0 aliphatic carbocycles. The van der Waals surface area contributed by atoms with Crippen molar-refractivity contribution >= 4 is 17.5 Å². The summed E-state index contributed by atoms with van der Waals surface area (Å²) in [6, 6.07) is 4.13. The smallest absolute Gasteiger partial charge is 0.291 e. The largest absolute Gasteiger partial charge is 0.337 e. The number of amides is 2. The number of fused-ring (bicyclic) bond motifs is 1. The summed E-state index contributed by atoms with van der Waals surface area (Å²) in [7, 11) is 0. The first-order chi connectivity index (χ1) is 14.0. The average Bonchev–Trinajstić information content (AvgIpc) is 3.10. The van der Waals surface area contributed by atoms with E-state index >= 15 is 0 Å². The maximum atomic E-state index is 13.2. The summed E-state index contributed by atoms with van der Waals surface area (Å²) in [5.74, 6) is 0.109. The number of carbonyl (C=O) groups is 2. The zero-order valence-corrected chi connectivity index (χ0v) is 17.7. The fraction of sp³-hybridized carbons (Fsp3) is 0.522. The highest BCUT2D eigenvalue weighted by Crippen LogP contribution is 2.26. The number of hydrogen-bond acceptors (Lipinski definition) is 3. The quantitative estimate of drug-likeness (QED) is 0.855. The van der Waals surface area contributed by atoms with Gasteiger partial charge in [0.1, 0.15) is 5.69 Å². The van der Waals surface area contributed by atoms with Crippen molar-refractivity contribution in [2.75, 3.05) is 18.4 Å². The van der Waals surface area contributed by atoms with Crippen molar-refractivity contribution in [2.24, 2.45) is 0 Å². The molecule has 0 saturated carbocycles. The Kier molecular flexibility index (Phi) is 5.43. The van der Waals surface area contributed by atoms with Crippen molar-refractivity contribution in [3.63, 3.8) is 0 Å². The van der Waals surface area contributed by atoms with Gasteiger partial charge in [-0.2, -0.15) is 0 Å². The van der Waals surface area contributed by atoms with E-state index in [1.54, 1.807) is 0 Å². The molecular weight excluding hydrogens is 364 g/mol. The van der Waals surface area contributed by atoms with Crippen LogP contribution in [0, 0.1) is 20.8 Å². The van der Waals surface area contributed by atoms with Gasteiger partial charge in [0.15, 0.2) is 5.82 Å². The monoisotopic (exact) mass is 394 g/mol. The molecule has 29 heavy (non-hydrogen) atoms. The number of carbonyl (C=O) groups excluding carboxylic acids is 2. The Bertz CT molecular complexity index is 931. The average molecular weight is 395 g/mol. The molecule has 4 rings (SSSR count). The summed E-state index contributed by atoms with van der Waals surface area (Å²) in [6.45, 7) is 8.37. The van der Waals surface area contributed by atoms with Crippen LogP contribution in [0.3, 0.4) is 0 Å².